The number of carbonyl (C=O) groups is 1. The molecule has 0 fully saturated rings. The van der Waals surface area contributed by atoms with Gasteiger partial charge in [0.25, 0.3) is 0 Å². The first-order valence-corrected chi connectivity index (χ1v) is 8.84. The predicted molar refractivity (Wildman–Crippen MR) is 103 cm³/mol. The molecular formula is C21H14F4N4O. The number of benzene rings is 2. The number of aromatic amines is 1. The van der Waals surface area contributed by atoms with Crippen molar-refractivity contribution in [3.05, 3.63) is 78.0 Å². The van der Waals surface area contributed by atoms with Gasteiger partial charge in [0, 0.05) is 28.9 Å². The molecule has 30 heavy (non-hydrogen) atoms. The molecule has 0 unspecified atom stereocenters. The molecule has 0 bridgehead atoms. The lowest BCUT2D eigenvalue weighted by molar-refractivity contribution is -0.138. The van der Waals surface area contributed by atoms with Gasteiger partial charge in [0.1, 0.15) is 11.6 Å². The molecule has 2 N–H and O–H groups in total. The summed E-state index contributed by atoms with van der Waals surface area (Å²) in [6.07, 6.45) is -0.595. The Morgan fingerprint density at radius 2 is 1.87 bits per heavy atom. The summed E-state index contributed by atoms with van der Waals surface area (Å²) >= 11 is 0. The molecule has 0 aliphatic rings. The molecule has 0 aliphatic carbocycles. The Balaban J connectivity index is 1.58. The van der Waals surface area contributed by atoms with E-state index in [1.165, 1.54) is 6.20 Å². The van der Waals surface area contributed by atoms with Crippen molar-refractivity contribution in [3.8, 4) is 11.1 Å². The normalized spacial score (nSPS) is 11.6. The maximum atomic E-state index is 14.0. The molecule has 2 heterocycles. The van der Waals surface area contributed by atoms with E-state index < -0.39 is 35.4 Å². The van der Waals surface area contributed by atoms with Gasteiger partial charge in [-0.2, -0.15) is 18.3 Å². The number of fused-ring (bicyclic) bond motifs is 1. The summed E-state index contributed by atoms with van der Waals surface area (Å²) in [6, 6.07) is 9.82. The molecule has 0 atom stereocenters. The molecule has 2 aromatic carbocycles. The number of carbonyl (C=O) groups excluding carboxylic acids is 1. The van der Waals surface area contributed by atoms with Gasteiger partial charge in [-0.15, -0.1) is 0 Å². The summed E-state index contributed by atoms with van der Waals surface area (Å²) in [5, 5.41) is 10.6. The number of hydrogen-bond acceptors (Lipinski definition) is 3. The SMILES string of the molecule is O=C(Cc1c(F)cccc1C(F)(F)F)Nc1cc2cc(-c3cn[nH]c3)ccc2cn1. The summed E-state index contributed by atoms with van der Waals surface area (Å²) in [7, 11) is 0. The van der Waals surface area contributed by atoms with E-state index in [2.05, 4.69) is 20.5 Å². The molecule has 1 amide bonds. The molecule has 152 valence electrons. The van der Waals surface area contributed by atoms with Crippen LogP contribution >= 0.6 is 0 Å². The Bertz CT molecular complexity index is 1220. The molecular weight excluding hydrogens is 400 g/mol. The molecule has 0 saturated heterocycles. The van der Waals surface area contributed by atoms with Crippen molar-refractivity contribution >= 4 is 22.5 Å². The lowest BCUT2D eigenvalue weighted by Crippen LogP contribution is -2.19. The van der Waals surface area contributed by atoms with Crippen molar-refractivity contribution in [2.75, 3.05) is 5.32 Å². The van der Waals surface area contributed by atoms with Crippen molar-refractivity contribution in [1.82, 2.24) is 15.2 Å². The van der Waals surface area contributed by atoms with Crippen LogP contribution in [0.5, 0.6) is 0 Å². The molecule has 2 aromatic heterocycles. The highest BCUT2D eigenvalue weighted by molar-refractivity contribution is 5.95. The van der Waals surface area contributed by atoms with E-state index in [1.54, 1.807) is 18.5 Å². The van der Waals surface area contributed by atoms with Gasteiger partial charge in [-0.3, -0.25) is 9.89 Å². The van der Waals surface area contributed by atoms with Gasteiger partial charge in [0.05, 0.1) is 18.2 Å². The van der Waals surface area contributed by atoms with E-state index in [-0.39, 0.29) is 5.82 Å². The van der Waals surface area contributed by atoms with Crippen molar-refractivity contribution in [1.29, 1.82) is 0 Å². The van der Waals surface area contributed by atoms with Crippen molar-refractivity contribution in [2.45, 2.75) is 12.6 Å². The molecule has 4 rings (SSSR count). The molecule has 5 nitrogen and oxygen atoms in total. The van der Waals surface area contributed by atoms with Crippen LogP contribution in [0.2, 0.25) is 0 Å². The Morgan fingerprint density at radius 1 is 1.03 bits per heavy atom. The quantitative estimate of drug-likeness (QED) is 0.464. The number of pyridine rings is 1. The van der Waals surface area contributed by atoms with E-state index >= 15 is 0 Å². The molecule has 0 saturated carbocycles. The number of aromatic nitrogens is 3. The molecule has 0 spiro atoms. The van der Waals surface area contributed by atoms with Gasteiger partial charge < -0.3 is 5.32 Å². The van der Waals surface area contributed by atoms with Gasteiger partial charge in [-0.25, -0.2) is 9.37 Å². The zero-order valence-corrected chi connectivity index (χ0v) is 15.3. The first-order valence-electron chi connectivity index (χ1n) is 8.84. The third-order valence-corrected chi connectivity index (χ3v) is 4.58. The van der Waals surface area contributed by atoms with E-state index in [4.69, 9.17) is 0 Å². The molecule has 4 aromatic rings. The number of nitrogens with zero attached hydrogens (tertiary/aromatic N) is 2. The van der Waals surface area contributed by atoms with Gasteiger partial charge >= 0.3 is 6.18 Å². The van der Waals surface area contributed by atoms with Gasteiger partial charge in [0.2, 0.25) is 5.91 Å². The van der Waals surface area contributed by atoms with E-state index in [9.17, 15) is 22.4 Å². The number of anilines is 1. The Kier molecular flexibility index (Phi) is 4.94. The van der Waals surface area contributed by atoms with Crippen LogP contribution in [0.15, 0.2) is 61.1 Å². The lowest BCUT2D eigenvalue weighted by atomic mass is 10.0. The second kappa shape index (κ2) is 7.58. The van der Waals surface area contributed by atoms with Crippen LogP contribution in [0.25, 0.3) is 21.9 Å². The standard InChI is InChI=1S/C21H14F4N4O/c22-18-3-1-2-17(21(23,24)25)16(18)8-20(30)29-19-7-14-6-12(15-10-27-28-11-15)4-5-13(14)9-26-19/h1-7,9-11H,8H2,(H,27,28)(H,26,29,30). The zero-order chi connectivity index (χ0) is 21.3. The first-order chi connectivity index (χ1) is 14.3. The zero-order valence-electron chi connectivity index (χ0n) is 15.3. The van der Waals surface area contributed by atoms with Crippen LogP contribution in [-0.4, -0.2) is 21.1 Å². The van der Waals surface area contributed by atoms with Gasteiger partial charge in [-0.05, 0) is 35.2 Å². The summed E-state index contributed by atoms with van der Waals surface area (Å²) in [5.74, 6) is -1.73. The van der Waals surface area contributed by atoms with Crippen molar-refractivity contribution in [3.63, 3.8) is 0 Å². The maximum absolute atomic E-state index is 14.0. The molecule has 0 aliphatic heterocycles. The minimum atomic E-state index is -4.76. The van der Waals surface area contributed by atoms with Gasteiger partial charge in [-0.1, -0.05) is 18.2 Å². The summed E-state index contributed by atoms with van der Waals surface area (Å²) in [6.45, 7) is 0. The smallest absolute Gasteiger partial charge is 0.310 e. The minimum absolute atomic E-state index is 0.154. The first kappa shape index (κ1) is 19.6. The average Bonchev–Trinajstić information content (AvgIpc) is 3.23. The molecule has 0 radical (unpaired) electrons. The van der Waals surface area contributed by atoms with Gasteiger partial charge in [0.15, 0.2) is 0 Å². The van der Waals surface area contributed by atoms with Crippen molar-refractivity contribution in [2.24, 2.45) is 0 Å². The lowest BCUT2D eigenvalue weighted by Gasteiger charge is -2.13. The topological polar surface area (TPSA) is 70.7 Å². The average molecular weight is 414 g/mol. The fourth-order valence-corrected chi connectivity index (χ4v) is 3.15. The number of alkyl halides is 3. The van der Waals surface area contributed by atoms with Crippen molar-refractivity contribution < 1.29 is 22.4 Å². The molecule has 9 heteroatoms. The number of hydrogen-bond donors (Lipinski definition) is 2. The predicted octanol–water partition coefficient (Wildman–Crippen LogP) is 4.96. The summed E-state index contributed by atoms with van der Waals surface area (Å²) in [5.41, 5.74) is -0.112. The van der Waals surface area contributed by atoms with Crippen LogP contribution in [0.1, 0.15) is 11.1 Å². The highest BCUT2D eigenvalue weighted by atomic mass is 19.4. The second-order valence-electron chi connectivity index (χ2n) is 6.61. The van der Waals surface area contributed by atoms with Crippen LogP contribution in [0.3, 0.4) is 0 Å². The second-order valence-corrected chi connectivity index (χ2v) is 6.61. The fraction of sp³-hybridized carbons (Fsp3) is 0.0952. The fourth-order valence-electron chi connectivity index (χ4n) is 3.15. The van der Waals surface area contributed by atoms with Crippen LogP contribution in [0, 0.1) is 5.82 Å². The Morgan fingerprint density at radius 3 is 2.60 bits per heavy atom. The van der Waals surface area contributed by atoms with Crippen LogP contribution in [0.4, 0.5) is 23.4 Å². The Hall–Kier alpha value is -3.75. The number of halogens is 4. The number of rotatable bonds is 4. The Labute approximate surface area is 167 Å². The number of H-pyrrole nitrogens is 1. The number of amides is 1. The van der Waals surface area contributed by atoms with E-state index in [0.29, 0.717) is 0 Å². The number of nitrogens with one attached hydrogen (secondary N) is 2. The highest BCUT2D eigenvalue weighted by Gasteiger charge is 2.34. The largest absolute Gasteiger partial charge is 0.416 e. The van der Waals surface area contributed by atoms with E-state index in [1.807, 2.05) is 18.2 Å². The summed E-state index contributed by atoms with van der Waals surface area (Å²) < 4.78 is 53.3. The third-order valence-electron chi connectivity index (χ3n) is 4.58. The highest BCUT2D eigenvalue weighted by Crippen LogP contribution is 2.33. The third kappa shape index (κ3) is 4.00. The summed E-state index contributed by atoms with van der Waals surface area (Å²) in [4.78, 5) is 16.4. The maximum Gasteiger partial charge on any atom is 0.416 e. The van der Waals surface area contributed by atoms with E-state index in [0.717, 1.165) is 40.1 Å². The van der Waals surface area contributed by atoms with Crippen LogP contribution < -0.4 is 5.32 Å². The minimum Gasteiger partial charge on any atom is -0.310 e. The monoisotopic (exact) mass is 414 g/mol. The van der Waals surface area contributed by atoms with Crippen LogP contribution in [-0.2, 0) is 17.4 Å².